The first kappa shape index (κ1) is 22.5. The smallest absolute Gasteiger partial charge is 0.283 e. The molecule has 1 aliphatic rings. The SMILES string of the molecule is Cc1cccc(C)c1NC(=O)CSC1=NC(=Cc2ccccc2)C(=O)N1c1ccc(F)cc1. The number of aryl methyl sites for hydroxylation is 2. The number of hydrogen-bond acceptors (Lipinski definition) is 4. The summed E-state index contributed by atoms with van der Waals surface area (Å²) in [7, 11) is 0. The van der Waals surface area contributed by atoms with Crippen LogP contribution in [0.4, 0.5) is 15.8 Å². The molecule has 166 valence electrons. The Morgan fingerprint density at radius 3 is 2.33 bits per heavy atom. The van der Waals surface area contributed by atoms with Crippen LogP contribution in [-0.2, 0) is 9.59 Å². The lowest BCUT2D eigenvalue weighted by Crippen LogP contribution is -2.31. The summed E-state index contributed by atoms with van der Waals surface area (Å²) in [6.45, 7) is 3.87. The Balaban J connectivity index is 1.57. The number of para-hydroxylation sites is 1. The zero-order chi connectivity index (χ0) is 23.4. The minimum Gasteiger partial charge on any atom is -0.325 e. The molecule has 0 fully saturated rings. The molecule has 0 bridgehead atoms. The van der Waals surface area contributed by atoms with Gasteiger partial charge in [-0.2, -0.15) is 0 Å². The summed E-state index contributed by atoms with van der Waals surface area (Å²) in [4.78, 5) is 31.7. The van der Waals surface area contributed by atoms with Crippen LogP contribution >= 0.6 is 11.8 Å². The molecule has 0 saturated carbocycles. The van der Waals surface area contributed by atoms with E-state index in [0.717, 1.165) is 34.1 Å². The van der Waals surface area contributed by atoms with Crippen molar-refractivity contribution in [2.45, 2.75) is 13.8 Å². The number of hydrogen-bond donors (Lipinski definition) is 1. The summed E-state index contributed by atoms with van der Waals surface area (Å²) in [5.74, 6) is -0.865. The largest absolute Gasteiger partial charge is 0.325 e. The molecular weight excluding hydrogens is 437 g/mol. The molecule has 1 N–H and O–H groups in total. The van der Waals surface area contributed by atoms with E-state index in [0.29, 0.717) is 10.9 Å². The third-order valence-electron chi connectivity index (χ3n) is 5.10. The second-order valence-corrected chi connectivity index (χ2v) is 8.50. The molecule has 4 rings (SSSR count). The van der Waals surface area contributed by atoms with E-state index in [1.807, 2.05) is 62.4 Å². The van der Waals surface area contributed by atoms with E-state index in [9.17, 15) is 14.0 Å². The van der Waals surface area contributed by atoms with Gasteiger partial charge in [0.25, 0.3) is 5.91 Å². The van der Waals surface area contributed by atoms with Crippen molar-refractivity contribution < 1.29 is 14.0 Å². The number of halogens is 1. The highest BCUT2D eigenvalue weighted by Gasteiger charge is 2.32. The van der Waals surface area contributed by atoms with E-state index in [-0.39, 0.29) is 23.3 Å². The summed E-state index contributed by atoms with van der Waals surface area (Å²) in [6.07, 6.45) is 1.70. The molecule has 5 nitrogen and oxygen atoms in total. The quantitative estimate of drug-likeness (QED) is 0.508. The van der Waals surface area contributed by atoms with Crippen molar-refractivity contribution in [3.63, 3.8) is 0 Å². The number of thioether (sulfide) groups is 1. The highest BCUT2D eigenvalue weighted by Crippen LogP contribution is 2.30. The summed E-state index contributed by atoms with van der Waals surface area (Å²) >= 11 is 1.16. The van der Waals surface area contributed by atoms with Crippen LogP contribution in [0.3, 0.4) is 0 Å². The van der Waals surface area contributed by atoms with Crippen molar-refractivity contribution in [2.24, 2.45) is 4.99 Å². The number of benzene rings is 3. The van der Waals surface area contributed by atoms with Crippen LogP contribution in [0.1, 0.15) is 16.7 Å². The van der Waals surface area contributed by atoms with Gasteiger partial charge >= 0.3 is 0 Å². The van der Waals surface area contributed by atoms with Crippen molar-refractivity contribution >= 4 is 46.2 Å². The Morgan fingerprint density at radius 2 is 1.67 bits per heavy atom. The molecule has 3 aromatic rings. The molecule has 0 saturated heterocycles. The summed E-state index contributed by atoms with van der Waals surface area (Å²) in [5, 5.41) is 3.31. The molecule has 0 unspecified atom stereocenters. The minimum absolute atomic E-state index is 0.0657. The Morgan fingerprint density at radius 1 is 1.00 bits per heavy atom. The number of rotatable bonds is 5. The lowest BCUT2D eigenvalue weighted by molar-refractivity contribution is -0.114. The van der Waals surface area contributed by atoms with Gasteiger partial charge < -0.3 is 5.32 Å². The fraction of sp³-hybridized carbons (Fsp3) is 0.115. The van der Waals surface area contributed by atoms with Gasteiger partial charge in [0.2, 0.25) is 5.91 Å². The van der Waals surface area contributed by atoms with Crippen LogP contribution in [0.25, 0.3) is 6.08 Å². The first-order chi connectivity index (χ1) is 15.9. The number of nitrogens with zero attached hydrogens (tertiary/aromatic N) is 2. The molecule has 0 spiro atoms. The maximum atomic E-state index is 13.5. The van der Waals surface area contributed by atoms with Crippen LogP contribution in [0, 0.1) is 19.7 Å². The molecular formula is C26H22FN3O2S. The molecule has 2 amide bonds. The van der Waals surface area contributed by atoms with Gasteiger partial charge in [-0.25, -0.2) is 9.38 Å². The molecule has 3 aromatic carbocycles. The highest BCUT2D eigenvalue weighted by atomic mass is 32.2. The number of carbonyl (C=O) groups excluding carboxylic acids is 2. The minimum atomic E-state index is -0.399. The van der Waals surface area contributed by atoms with Gasteiger partial charge in [0.05, 0.1) is 11.4 Å². The predicted molar refractivity (Wildman–Crippen MR) is 133 cm³/mol. The maximum absolute atomic E-state index is 13.5. The summed E-state index contributed by atoms with van der Waals surface area (Å²) < 4.78 is 13.5. The topological polar surface area (TPSA) is 61.8 Å². The zero-order valence-corrected chi connectivity index (χ0v) is 19.0. The normalized spacial score (nSPS) is 14.5. The highest BCUT2D eigenvalue weighted by molar-refractivity contribution is 8.14. The first-order valence-electron chi connectivity index (χ1n) is 10.4. The van der Waals surface area contributed by atoms with Crippen molar-refractivity contribution in [3.8, 4) is 0 Å². The van der Waals surface area contributed by atoms with Crippen LogP contribution in [-0.4, -0.2) is 22.7 Å². The number of nitrogens with one attached hydrogen (secondary N) is 1. The zero-order valence-electron chi connectivity index (χ0n) is 18.2. The van der Waals surface area contributed by atoms with Gasteiger partial charge in [0.1, 0.15) is 11.5 Å². The van der Waals surface area contributed by atoms with Gasteiger partial charge in [-0.05, 0) is 60.9 Å². The monoisotopic (exact) mass is 459 g/mol. The van der Waals surface area contributed by atoms with E-state index in [2.05, 4.69) is 10.3 Å². The molecule has 1 heterocycles. The average molecular weight is 460 g/mol. The average Bonchev–Trinajstić information content (AvgIpc) is 3.11. The second kappa shape index (κ2) is 9.83. The van der Waals surface area contributed by atoms with E-state index >= 15 is 0 Å². The van der Waals surface area contributed by atoms with Gasteiger partial charge in [-0.1, -0.05) is 60.3 Å². The molecule has 1 aliphatic heterocycles. The fourth-order valence-corrected chi connectivity index (χ4v) is 4.25. The van der Waals surface area contributed by atoms with Crippen molar-refractivity contribution in [1.29, 1.82) is 0 Å². The van der Waals surface area contributed by atoms with Gasteiger partial charge in [0, 0.05) is 5.69 Å². The Hall–Kier alpha value is -3.71. The lowest BCUT2D eigenvalue weighted by atomic mass is 10.1. The van der Waals surface area contributed by atoms with Crippen molar-refractivity contribution in [2.75, 3.05) is 16.0 Å². The lowest BCUT2D eigenvalue weighted by Gasteiger charge is -2.18. The van der Waals surface area contributed by atoms with Crippen LogP contribution < -0.4 is 10.2 Å². The molecule has 0 radical (unpaired) electrons. The number of amidine groups is 1. The summed E-state index contributed by atoms with van der Waals surface area (Å²) in [5.41, 5.74) is 4.31. The van der Waals surface area contributed by atoms with Crippen LogP contribution in [0.15, 0.2) is 83.5 Å². The number of amides is 2. The van der Waals surface area contributed by atoms with E-state index in [4.69, 9.17) is 0 Å². The third kappa shape index (κ3) is 5.21. The maximum Gasteiger partial charge on any atom is 0.283 e. The second-order valence-electron chi connectivity index (χ2n) is 7.56. The van der Waals surface area contributed by atoms with Gasteiger partial charge in [-0.3, -0.25) is 14.5 Å². The number of anilines is 2. The van der Waals surface area contributed by atoms with E-state index in [1.54, 1.807) is 6.08 Å². The van der Waals surface area contributed by atoms with Crippen molar-refractivity contribution in [3.05, 3.63) is 101 Å². The van der Waals surface area contributed by atoms with Crippen LogP contribution in [0.5, 0.6) is 0 Å². The van der Waals surface area contributed by atoms with E-state index in [1.165, 1.54) is 29.2 Å². The predicted octanol–water partition coefficient (Wildman–Crippen LogP) is 5.56. The Labute approximate surface area is 196 Å². The Bertz CT molecular complexity index is 1230. The van der Waals surface area contributed by atoms with Crippen LogP contribution in [0.2, 0.25) is 0 Å². The van der Waals surface area contributed by atoms with E-state index < -0.39 is 5.82 Å². The third-order valence-corrected chi connectivity index (χ3v) is 6.03. The van der Waals surface area contributed by atoms with Gasteiger partial charge in [-0.15, -0.1) is 0 Å². The van der Waals surface area contributed by atoms with Crippen molar-refractivity contribution in [1.82, 2.24) is 0 Å². The molecule has 33 heavy (non-hydrogen) atoms. The molecule has 7 heteroatoms. The molecule has 0 aliphatic carbocycles. The van der Waals surface area contributed by atoms with Gasteiger partial charge in [0.15, 0.2) is 5.17 Å². The number of aliphatic imine (C=N–C) groups is 1. The summed E-state index contributed by atoms with van der Waals surface area (Å²) in [6, 6.07) is 20.8. The Kier molecular flexibility index (Phi) is 6.70. The fourth-order valence-electron chi connectivity index (χ4n) is 3.44. The molecule has 0 atom stereocenters. The first-order valence-corrected chi connectivity index (χ1v) is 11.4. The standard InChI is InChI=1S/C26H22FN3O2S/c1-17-7-6-8-18(2)24(17)29-23(31)16-33-26-28-22(15-19-9-4-3-5-10-19)25(32)30(26)21-13-11-20(27)12-14-21/h3-15H,16H2,1-2H3,(H,29,31). The number of carbonyl (C=O) groups is 2. The molecule has 0 aromatic heterocycles.